The first kappa shape index (κ1) is 59.3. The van der Waals surface area contributed by atoms with Crippen LogP contribution < -0.4 is 5.32 Å². The summed E-state index contributed by atoms with van der Waals surface area (Å²) in [5.74, 6) is -0.476. The van der Waals surface area contributed by atoms with Gasteiger partial charge in [-0.3, -0.25) is 9.59 Å². The average Bonchev–Trinajstić information content (AvgIpc) is 3.25. The molecule has 3 N–H and O–H groups in total. The van der Waals surface area contributed by atoms with Crippen molar-refractivity contribution in [3.05, 3.63) is 24.3 Å². The Morgan fingerprint density at radius 1 is 0.475 bits per heavy atom. The molecule has 360 valence electrons. The zero-order valence-electron chi connectivity index (χ0n) is 41.1. The number of esters is 1. The standard InChI is InChI=1S/C55H105NO5/c1-4-7-10-13-16-19-22-24-26-27-28-29-31-33-36-39-42-45-48-55(60)61-51(46-43-40-37-34-32-30-25-23-20-17-14-11-8-5-2)49-54(59)56-52(50-57)53(58)47-44-41-38-35-21-18-15-12-9-6-3/h26-29,51-53,57-58H,4-25,30-50H2,1-3H3,(H,56,59)/b27-26+,29-28+. The maximum absolute atomic E-state index is 13.2. The van der Waals surface area contributed by atoms with E-state index >= 15 is 0 Å². The van der Waals surface area contributed by atoms with E-state index in [1.807, 2.05) is 0 Å². The molecular formula is C55H105NO5. The van der Waals surface area contributed by atoms with Crippen molar-refractivity contribution in [1.29, 1.82) is 0 Å². The quantitative estimate of drug-likeness (QED) is 0.0322. The van der Waals surface area contributed by atoms with Gasteiger partial charge in [-0.05, 0) is 51.4 Å². The molecule has 0 saturated heterocycles. The highest BCUT2D eigenvalue weighted by Gasteiger charge is 2.24. The predicted octanol–water partition coefficient (Wildman–Crippen LogP) is 16.3. The van der Waals surface area contributed by atoms with Crippen molar-refractivity contribution in [3.8, 4) is 0 Å². The zero-order valence-corrected chi connectivity index (χ0v) is 41.1. The monoisotopic (exact) mass is 860 g/mol. The lowest BCUT2D eigenvalue weighted by molar-refractivity contribution is -0.151. The summed E-state index contributed by atoms with van der Waals surface area (Å²) in [5.41, 5.74) is 0. The van der Waals surface area contributed by atoms with E-state index in [0.29, 0.717) is 19.3 Å². The Balaban J connectivity index is 4.54. The van der Waals surface area contributed by atoms with Crippen LogP contribution in [-0.2, 0) is 14.3 Å². The Hall–Kier alpha value is -1.66. The van der Waals surface area contributed by atoms with E-state index in [0.717, 1.165) is 57.8 Å². The number of nitrogens with one attached hydrogen (secondary N) is 1. The molecule has 0 rings (SSSR count). The van der Waals surface area contributed by atoms with Gasteiger partial charge in [-0.25, -0.2) is 0 Å². The number of allylic oxidation sites excluding steroid dienone is 4. The lowest BCUT2D eigenvalue weighted by Gasteiger charge is -2.24. The second-order valence-corrected chi connectivity index (χ2v) is 18.7. The minimum atomic E-state index is -0.785. The molecule has 0 spiro atoms. The second-order valence-electron chi connectivity index (χ2n) is 18.7. The summed E-state index contributed by atoms with van der Waals surface area (Å²) < 4.78 is 5.94. The average molecular weight is 860 g/mol. The molecule has 0 aliphatic heterocycles. The summed E-state index contributed by atoms with van der Waals surface area (Å²) in [5, 5.41) is 23.7. The molecule has 0 heterocycles. The third-order valence-electron chi connectivity index (χ3n) is 12.6. The van der Waals surface area contributed by atoms with Crippen molar-refractivity contribution >= 4 is 11.9 Å². The van der Waals surface area contributed by atoms with Crippen molar-refractivity contribution in [2.45, 2.75) is 309 Å². The highest BCUT2D eigenvalue weighted by molar-refractivity contribution is 5.77. The van der Waals surface area contributed by atoms with Crippen LogP contribution in [0.3, 0.4) is 0 Å². The highest BCUT2D eigenvalue weighted by atomic mass is 16.5. The summed E-state index contributed by atoms with van der Waals surface area (Å²) in [4.78, 5) is 26.2. The van der Waals surface area contributed by atoms with Gasteiger partial charge in [0.25, 0.3) is 0 Å². The normalized spacial score (nSPS) is 13.3. The largest absolute Gasteiger partial charge is 0.462 e. The number of hydrogen-bond donors (Lipinski definition) is 3. The van der Waals surface area contributed by atoms with Crippen molar-refractivity contribution in [2.75, 3.05) is 6.61 Å². The van der Waals surface area contributed by atoms with Crippen molar-refractivity contribution in [2.24, 2.45) is 0 Å². The molecule has 0 bridgehead atoms. The lowest BCUT2D eigenvalue weighted by Crippen LogP contribution is -2.46. The number of ether oxygens (including phenoxy) is 1. The van der Waals surface area contributed by atoms with E-state index in [2.05, 4.69) is 50.4 Å². The number of rotatable bonds is 49. The third kappa shape index (κ3) is 44.7. The predicted molar refractivity (Wildman–Crippen MR) is 264 cm³/mol. The molecular weight excluding hydrogens is 755 g/mol. The molecule has 6 heteroatoms. The van der Waals surface area contributed by atoms with Crippen LogP contribution in [0.2, 0.25) is 0 Å². The zero-order chi connectivity index (χ0) is 44.5. The Labute approximate surface area is 380 Å². The van der Waals surface area contributed by atoms with Crippen molar-refractivity contribution < 1.29 is 24.5 Å². The van der Waals surface area contributed by atoms with E-state index in [4.69, 9.17) is 4.74 Å². The smallest absolute Gasteiger partial charge is 0.306 e. The maximum atomic E-state index is 13.2. The van der Waals surface area contributed by atoms with Crippen LogP contribution in [-0.4, -0.2) is 46.9 Å². The first-order valence-electron chi connectivity index (χ1n) is 27.1. The highest BCUT2D eigenvalue weighted by Crippen LogP contribution is 2.18. The molecule has 0 saturated carbocycles. The van der Waals surface area contributed by atoms with E-state index in [9.17, 15) is 19.8 Å². The maximum Gasteiger partial charge on any atom is 0.306 e. The number of amides is 1. The van der Waals surface area contributed by atoms with Crippen LogP contribution in [0.1, 0.15) is 290 Å². The van der Waals surface area contributed by atoms with E-state index in [-0.39, 0.29) is 24.9 Å². The molecule has 0 aromatic rings. The molecule has 6 nitrogen and oxygen atoms in total. The van der Waals surface area contributed by atoms with Gasteiger partial charge in [-0.15, -0.1) is 0 Å². The van der Waals surface area contributed by atoms with E-state index in [1.165, 1.54) is 186 Å². The molecule has 3 atom stereocenters. The second kappa shape index (κ2) is 49.4. The lowest BCUT2D eigenvalue weighted by atomic mass is 10.0. The molecule has 1 amide bonds. The molecule has 0 aromatic carbocycles. The molecule has 61 heavy (non-hydrogen) atoms. The number of unbranched alkanes of at least 4 members (excludes halogenated alkanes) is 34. The number of carbonyl (C=O) groups is 2. The summed E-state index contributed by atoms with van der Waals surface area (Å²) >= 11 is 0. The minimum Gasteiger partial charge on any atom is -0.462 e. The van der Waals surface area contributed by atoms with Gasteiger partial charge in [0.15, 0.2) is 0 Å². The summed E-state index contributed by atoms with van der Waals surface area (Å²) in [6, 6.07) is -0.699. The fourth-order valence-electron chi connectivity index (χ4n) is 8.42. The van der Waals surface area contributed by atoms with Gasteiger partial charge in [-0.1, -0.05) is 251 Å². The van der Waals surface area contributed by atoms with Crippen LogP contribution in [0.25, 0.3) is 0 Å². The number of hydrogen-bond acceptors (Lipinski definition) is 5. The van der Waals surface area contributed by atoms with Crippen LogP contribution in [0, 0.1) is 0 Å². The SMILES string of the molecule is CCCCCCCCC/C=C/C=C/CCCCCCCC(=O)OC(CCCCCCCCCCCCCCCC)CC(=O)NC(CO)C(O)CCCCCCCCCCCC. The Kier molecular flexibility index (Phi) is 48.0. The van der Waals surface area contributed by atoms with Crippen LogP contribution >= 0.6 is 0 Å². The van der Waals surface area contributed by atoms with Gasteiger partial charge >= 0.3 is 5.97 Å². The molecule has 0 aliphatic carbocycles. The fourth-order valence-corrected chi connectivity index (χ4v) is 8.42. The van der Waals surface area contributed by atoms with Crippen LogP contribution in [0.4, 0.5) is 0 Å². The Morgan fingerprint density at radius 3 is 1.21 bits per heavy atom. The Morgan fingerprint density at radius 2 is 0.820 bits per heavy atom. The van der Waals surface area contributed by atoms with Gasteiger partial charge in [-0.2, -0.15) is 0 Å². The van der Waals surface area contributed by atoms with Crippen LogP contribution in [0.15, 0.2) is 24.3 Å². The van der Waals surface area contributed by atoms with Crippen molar-refractivity contribution in [3.63, 3.8) is 0 Å². The van der Waals surface area contributed by atoms with E-state index in [1.54, 1.807) is 0 Å². The van der Waals surface area contributed by atoms with Gasteiger partial charge in [0.05, 0.1) is 25.2 Å². The third-order valence-corrected chi connectivity index (χ3v) is 12.6. The molecule has 0 fully saturated rings. The number of aliphatic hydroxyl groups is 2. The molecule has 3 unspecified atom stereocenters. The topological polar surface area (TPSA) is 95.9 Å². The van der Waals surface area contributed by atoms with Crippen LogP contribution in [0.5, 0.6) is 0 Å². The van der Waals surface area contributed by atoms with Gasteiger partial charge in [0.1, 0.15) is 6.10 Å². The van der Waals surface area contributed by atoms with Gasteiger partial charge < -0.3 is 20.3 Å². The molecule has 0 radical (unpaired) electrons. The minimum absolute atomic E-state index is 0.0769. The fraction of sp³-hybridized carbons (Fsp3) is 0.891. The molecule has 0 aliphatic rings. The Bertz CT molecular complexity index is 966. The van der Waals surface area contributed by atoms with Crippen molar-refractivity contribution in [1.82, 2.24) is 5.32 Å². The molecule has 0 aromatic heterocycles. The van der Waals surface area contributed by atoms with Gasteiger partial charge in [0, 0.05) is 6.42 Å². The first-order valence-corrected chi connectivity index (χ1v) is 27.1. The summed E-state index contributed by atoms with van der Waals surface area (Å²) in [6.45, 7) is 6.49. The summed E-state index contributed by atoms with van der Waals surface area (Å²) in [7, 11) is 0. The first-order chi connectivity index (χ1) is 30.0. The summed E-state index contributed by atoms with van der Waals surface area (Å²) in [6.07, 6.45) is 56.7. The van der Waals surface area contributed by atoms with E-state index < -0.39 is 18.2 Å². The number of carbonyl (C=O) groups excluding carboxylic acids is 2. The van der Waals surface area contributed by atoms with Gasteiger partial charge in [0.2, 0.25) is 5.91 Å². The number of aliphatic hydroxyl groups excluding tert-OH is 2.